The summed E-state index contributed by atoms with van der Waals surface area (Å²) in [4.78, 5) is 38.4. The maximum absolute atomic E-state index is 12.9. The number of rotatable bonds is 63. The standard InChI is InChI=1S/C74H130O6/c1-4-7-10-13-16-19-22-25-28-30-32-33-34-35-36-37-38-39-40-41-43-44-46-49-52-55-58-61-64-67-73(76)79-70-71(69-78-72(75)66-63-60-57-54-51-48-27-24-21-18-15-12-9-6-3)80-74(77)68-65-62-59-56-53-50-47-45-42-31-29-26-23-20-17-14-11-8-5-2/h8,11,17,20,24,26-27,29-30,32,42,45,50,53,71H,4-7,9-10,12-16,18-19,21-23,25,28,31,33-41,43-44,46-49,51-52,54-70H2,1-3H3/b11-8-,20-17-,27-24-,29-26-,32-30-,45-42-,53-50-. The molecule has 0 N–H and O–H groups in total. The average molecular weight is 1120 g/mol. The van der Waals surface area contributed by atoms with E-state index in [2.05, 4.69) is 106 Å². The van der Waals surface area contributed by atoms with E-state index >= 15 is 0 Å². The summed E-state index contributed by atoms with van der Waals surface area (Å²) in [5, 5.41) is 0. The fourth-order valence-corrected chi connectivity index (χ4v) is 9.93. The van der Waals surface area contributed by atoms with Crippen LogP contribution in [0.1, 0.15) is 348 Å². The Morgan fingerprint density at radius 1 is 0.263 bits per heavy atom. The lowest BCUT2D eigenvalue weighted by molar-refractivity contribution is -0.167. The van der Waals surface area contributed by atoms with Gasteiger partial charge in [-0.2, -0.15) is 0 Å². The molecule has 0 radical (unpaired) electrons. The molecule has 0 aliphatic carbocycles. The summed E-state index contributed by atoms with van der Waals surface area (Å²) in [6.07, 6.45) is 90.4. The quantitative estimate of drug-likeness (QED) is 0.0261. The molecule has 0 aromatic carbocycles. The van der Waals surface area contributed by atoms with Crippen LogP contribution in [0.4, 0.5) is 0 Å². The highest BCUT2D eigenvalue weighted by Gasteiger charge is 2.19. The van der Waals surface area contributed by atoms with Crippen molar-refractivity contribution in [2.75, 3.05) is 13.2 Å². The Kier molecular flexibility index (Phi) is 65.2. The van der Waals surface area contributed by atoms with Crippen LogP contribution in [0.25, 0.3) is 0 Å². The fraction of sp³-hybridized carbons (Fsp3) is 0.770. The van der Waals surface area contributed by atoms with E-state index in [4.69, 9.17) is 14.2 Å². The predicted molar refractivity (Wildman–Crippen MR) is 348 cm³/mol. The first-order valence-electron chi connectivity index (χ1n) is 34.6. The molecule has 0 heterocycles. The summed E-state index contributed by atoms with van der Waals surface area (Å²) >= 11 is 0. The van der Waals surface area contributed by atoms with Crippen molar-refractivity contribution < 1.29 is 28.6 Å². The third-order valence-electron chi connectivity index (χ3n) is 15.1. The smallest absolute Gasteiger partial charge is 0.306 e. The van der Waals surface area contributed by atoms with Gasteiger partial charge in [0.25, 0.3) is 0 Å². The Labute approximate surface area is 496 Å². The van der Waals surface area contributed by atoms with E-state index < -0.39 is 6.10 Å². The van der Waals surface area contributed by atoms with Gasteiger partial charge in [-0.3, -0.25) is 14.4 Å². The third-order valence-corrected chi connectivity index (χ3v) is 15.1. The third kappa shape index (κ3) is 65.4. The van der Waals surface area contributed by atoms with Crippen molar-refractivity contribution in [1.29, 1.82) is 0 Å². The van der Waals surface area contributed by atoms with Gasteiger partial charge in [-0.05, 0) is 116 Å². The van der Waals surface area contributed by atoms with Crippen molar-refractivity contribution in [2.45, 2.75) is 354 Å². The summed E-state index contributed by atoms with van der Waals surface area (Å²) in [6, 6.07) is 0. The number of unbranched alkanes of at least 4 members (excludes halogenated alkanes) is 38. The molecule has 1 atom stereocenters. The van der Waals surface area contributed by atoms with Gasteiger partial charge < -0.3 is 14.2 Å². The zero-order valence-corrected chi connectivity index (χ0v) is 53.1. The molecule has 0 amide bonds. The van der Waals surface area contributed by atoms with Crippen molar-refractivity contribution in [3.05, 3.63) is 85.1 Å². The number of hydrogen-bond donors (Lipinski definition) is 0. The van der Waals surface area contributed by atoms with Crippen molar-refractivity contribution in [3.8, 4) is 0 Å². The van der Waals surface area contributed by atoms with E-state index in [9.17, 15) is 14.4 Å². The molecule has 0 spiro atoms. The summed E-state index contributed by atoms with van der Waals surface area (Å²) in [6.45, 7) is 6.52. The second-order valence-corrected chi connectivity index (χ2v) is 23.1. The zero-order chi connectivity index (χ0) is 57.8. The summed E-state index contributed by atoms with van der Waals surface area (Å²) < 4.78 is 16.9. The Morgan fingerprint density at radius 2 is 0.487 bits per heavy atom. The van der Waals surface area contributed by atoms with E-state index in [-0.39, 0.29) is 37.5 Å². The molecule has 0 aromatic rings. The molecule has 0 aliphatic rings. The topological polar surface area (TPSA) is 78.9 Å². The summed E-state index contributed by atoms with van der Waals surface area (Å²) in [7, 11) is 0. The molecule has 0 aliphatic heterocycles. The van der Waals surface area contributed by atoms with E-state index in [1.807, 2.05) is 0 Å². The predicted octanol–water partition coefficient (Wildman–Crippen LogP) is 23.8. The number of ether oxygens (including phenoxy) is 3. The molecule has 0 fully saturated rings. The van der Waals surface area contributed by atoms with E-state index in [1.165, 1.54) is 205 Å². The molecule has 6 heteroatoms. The highest BCUT2D eigenvalue weighted by Crippen LogP contribution is 2.17. The molecule has 0 aromatic heterocycles. The molecular formula is C74H130O6. The van der Waals surface area contributed by atoms with Gasteiger partial charge in [-0.25, -0.2) is 0 Å². The molecule has 0 saturated carbocycles. The SMILES string of the molecule is CC/C=C\C/C=C\C/C=C\C/C=C\C/C=C\CCCCCC(=O)OC(COC(=O)CCCCCCC/C=C\CCCCCCC)COC(=O)CCCCCCCCCCCCCCCCCCC/C=C\CCCCCCCCCC. The molecular weight excluding hydrogens is 985 g/mol. The highest BCUT2D eigenvalue weighted by molar-refractivity contribution is 5.71. The van der Waals surface area contributed by atoms with Crippen LogP contribution in [-0.4, -0.2) is 37.2 Å². The minimum atomic E-state index is -0.798. The average Bonchev–Trinajstić information content (AvgIpc) is 3.46. The van der Waals surface area contributed by atoms with Gasteiger partial charge >= 0.3 is 17.9 Å². The second-order valence-electron chi connectivity index (χ2n) is 23.1. The lowest BCUT2D eigenvalue weighted by Gasteiger charge is -2.18. The first kappa shape index (κ1) is 76.6. The minimum Gasteiger partial charge on any atom is -0.462 e. The van der Waals surface area contributed by atoms with Crippen molar-refractivity contribution >= 4 is 17.9 Å². The molecule has 0 bridgehead atoms. The Bertz CT molecular complexity index is 1520. The molecule has 80 heavy (non-hydrogen) atoms. The first-order chi connectivity index (χ1) is 39.5. The molecule has 462 valence electrons. The number of hydrogen-bond acceptors (Lipinski definition) is 6. The van der Waals surface area contributed by atoms with Crippen molar-refractivity contribution in [3.63, 3.8) is 0 Å². The van der Waals surface area contributed by atoms with Crippen molar-refractivity contribution in [2.24, 2.45) is 0 Å². The molecule has 1 unspecified atom stereocenters. The number of esters is 3. The number of carbonyl (C=O) groups excluding carboxylic acids is 3. The second kappa shape index (κ2) is 68.1. The molecule has 6 nitrogen and oxygen atoms in total. The Balaban J connectivity index is 4.28. The maximum atomic E-state index is 12.9. The van der Waals surface area contributed by atoms with Crippen LogP contribution in [0, 0.1) is 0 Å². The van der Waals surface area contributed by atoms with Crippen LogP contribution in [0.5, 0.6) is 0 Å². The van der Waals surface area contributed by atoms with E-state index in [0.29, 0.717) is 12.8 Å². The van der Waals surface area contributed by atoms with Crippen LogP contribution in [0.3, 0.4) is 0 Å². The van der Waals surface area contributed by atoms with Crippen LogP contribution >= 0.6 is 0 Å². The van der Waals surface area contributed by atoms with Crippen LogP contribution < -0.4 is 0 Å². The summed E-state index contributed by atoms with van der Waals surface area (Å²) in [5.74, 6) is -0.917. The van der Waals surface area contributed by atoms with Gasteiger partial charge in [0.05, 0.1) is 0 Å². The number of carbonyl (C=O) groups is 3. The molecule has 0 rings (SSSR count). The maximum Gasteiger partial charge on any atom is 0.306 e. The monoisotopic (exact) mass is 1110 g/mol. The van der Waals surface area contributed by atoms with Gasteiger partial charge in [0.15, 0.2) is 6.10 Å². The Hall–Kier alpha value is -3.41. The first-order valence-corrected chi connectivity index (χ1v) is 34.6. The van der Waals surface area contributed by atoms with Crippen LogP contribution in [0.15, 0.2) is 85.1 Å². The minimum absolute atomic E-state index is 0.0903. The molecule has 0 saturated heterocycles. The fourth-order valence-electron chi connectivity index (χ4n) is 9.93. The van der Waals surface area contributed by atoms with Gasteiger partial charge in [-0.15, -0.1) is 0 Å². The number of allylic oxidation sites excluding steroid dienone is 14. The van der Waals surface area contributed by atoms with Gasteiger partial charge in [0.1, 0.15) is 13.2 Å². The van der Waals surface area contributed by atoms with Crippen molar-refractivity contribution in [1.82, 2.24) is 0 Å². The lowest BCUT2D eigenvalue weighted by atomic mass is 10.0. The highest BCUT2D eigenvalue weighted by atomic mass is 16.6. The summed E-state index contributed by atoms with van der Waals surface area (Å²) in [5.41, 5.74) is 0. The largest absolute Gasteiger partial charge is 0.462 e. The van der Waals surface area contributed by atoms with E-state index in [0.717, 1.165) is 103 Å². The van der Waals surface area contributed by atoms with Gasteiger partial charge in [0, 0.05) is 19.3 Å². The lowest BCUT2D eigenvalue weighted by Crippen LogP contribution is -2.30. The van der Waals surface area contributed by atoms with E-state index in [1.54, 1.807) is 0 Å². The normalized spacial score (nSPS) is 12.6. The van der Waals surface area contributed by atoms with Crippen LogP contribution in [0.2, 0.25) is 0 Å². The zero-order valence-electron chi connectivity index (χ0n) is 53.1. The van der Waals surface area contributed by atoms with Gasteiger partial charge in [-0.1, -0.05) is 298 Å². The van der Waals surface area contributed by atoms with Gasteiger partial charge in [0.2, 0.25) is 0 Å². The van der Waals surface area contributed by atoms with Crippen LogP contribution in [-0.2, 0) is 28.6 Å². The Morgan fingerprint density at radius 3 is 0.787 bits per heavy atom.